The molecule has 2 aromatic carbocycles. The Balaban J connectivity index is 1.57. The molecule has 0 radical (unpaired) electrons. The molecule has 0 unspecified atom stereocenters. The molecule has 26 heavy (non-hydrogen) atoms. The highest BCUT2D eigenvalue weighted by molar-refractivity contribution is 6.13. The number of benzene rings is 2. The fourth-order valence-electron chi connectivity index (χ4n) is 4.11. The normalized spacial score (nSPS) is 19.9. The highest BCUT2D eigenvalue weighted by Crippen LogP contribution is 2.37. The van der Waals surface area contributed by atoms with Crippen LogP contribution in [0.5, 0.6) is 0 Å². The standard InChI is InChI=1S/C24H28O2/c1-2-6-18-9-11-19(12-10-18)20-13-15-22(16-14-20)24(26)17-23(25)21-7-4-3-5-8-21/h3-5,7-8,13-16,18-19H,2,6,9-12,17H2,1H3. The number of ketones is 2. The second-order valence-electron chi connectivity index (χ2n) is 7.52. The third kappa shape index (κ3) is 4.69. The average Bonchev–Trinajstić information content (AvgIpc) is 2.69. The zero-order chi connectivity index (χ0) is 18.4. The maximum atomic E-state index is 12.4. The molecule has 0 atom stereocenters. The highest BCUT2D eigenvalue weighted by atomic mass is 16.1. The minimum atomic E-state index is -0.117. The van der Waals surface area contributed by atoms with Gasteiger partial charge in [-0.15, -0.1) is 0 Å². The Kier molecular flexibility index (Phi) is 6.38. The van der Waals surface area contributed by atoms with Gasteiger partial charge in [-0.25, -0.2) is 0 Å². The zero-order valence-corrected chi connectivity index (χ0v) is 15.6. The van der Waals surface area contributed by atoms with Gasteiger partial charge < -0.3 is 0 Å². The van der Waals surface area contributed by atoms with Crippen LogP contribution >= 0.6 is 0 Å². The van der Waals surface area contributed by atoms with E-state index in [2.05, 4.69) is 19.1 Å². The molecule has 3 rings (SSSR count). The van der Waals surface area contributed by atoms with Crippen LogP contribution in [-0.2, 0) is 0 Å². The van der Waals surface area contributed by atoms with Gasteiger partial charge in [-0.05, 0) is 43.1 Å². The van der Waals surface area contributed by atoms with Crippen LogP contribution < -0.4 is 0 Å². The fourth-order valence-corrected chi connectivity index (χ4v) is 4.11. The first-order valence-electron chi connectivity index (χ1n) is 9.88. The van der Waals surface area contributed by atoms with Crippen LogP contribution in [0.15, 0.2) is 54.6 Å². The molecule has 0 heterocycles. The van der Waals surface area contributed by atoms with E-state index in [4.69, 9.17) is 0 Å². The monoisotopic (exact) mass is 348 g/mol. The Morgan fingerprint density at radius 2 is 1.38 bits per heavy atom. The first kappa shape index (κ1) is 18.6. The smallest absolute Gasteiger partial charge is 0.170 e. The van der Waals surface area contributed by atoms with Crippen molar-refractivity contribution >= 4 is 11.6 Å². The van der Waals surface area contributed by atoms with Crippen molar-refractivity contribution in [2.45, 2.75) is 57.8 Å². The van der Waals surface area contributed by atoms with Crippen molar-refractivity contribution in [2.24, 2.45) is 5.92 Å². The molecule has 0 aromatic heterocycles. The van der Waals surface area contributed by atoms with Crippen molar-refractivity contribution in [3.63, 3.8) is 0 Å². The van der Waals surface area contributed by atoms with E-state index in [1.807, 2.05) is 30.3 Å². The first-order chi connectivity index (χ1) is 12.7. The molecule has 1 saturated carbocycles. The molecule has 0 bridgehead atoms. The molecule has 0 amide bonds. The maximum Gasteiger partial charge on any atom is 0.170 e. The van der Waals surface area contributed by atoms with Crippen molar-refractivity contribution in [1.82, 2.24) is 0 Å². The van der Waals surface area contributed by atoms with Gasteiger partial charge in [0.1, 0.15) is 0 Å². The molecule has 0 spiro atoms. The van der Waals surface area contributed by atoms with Crippen LogP contribution in [0, 0.1) is 5.92 Å². The second kappa shape index (κ2) is 8.93. The van der Waals surface area contributed by atoms with Crippen molar-refractivity contribution in [2.75, 3.05) is 0 Å². The van der Waals surface area contributed by atoms with E-state index in [9.17, 15) is 9.59 Å². The van der Waals surface area contributed by atoms with Crippen LogP contribution in [-0.4, -0.2) is 11.6 Å². The number of rotatable bonds is 7. The summed E-state index contributed by atoms with van der Waals surface area (Å²) >= 11 is 0. The second-order valence-corrected chi connectivity index (χ2v) is 7.52. The number of carbonyl (C=O) groups is 2. The minimum absolute atomic E-state index is 0.0640. The lowest BCUT2D eigenvalue weighted by atomic mass is 9.77. The number of hydrogen-bond donors (Lipinski definition) is 0. The average molecular weight is 348 g/mol. The van der Waals surface area contributed by atoms with E-state index in [1.165, 1.54) is 44.1 Å². The SMILES string of the molecule is CCCC1CCC(c2ccc(C(=O)CC(=O)c3ccccc3)cc2)CC1. The summed E-state index contributed by atoms with van der Waals surface area (Å²) in [5.41, 5.74) is 2.57. The van der Waals surface area contributed by atoms with Crippen LogP contribution in [0.3, 0.4) is 0 Å². The molecule has 1 aliphatic carbocycles. The molecule has 1 fully saturated rings. The summed E-state index contributed by atoms with van der Waals surface area (Å²) in [6, 6.07) is 17.0. The Labute approximate surface area is 156 Å². The lowest BCUT2D eigenvalue weighted by molar-refractivity contribution is 0.0894. The number of Topliss-reactive ketones (excluding diaryl/α,β-unsaturated/α-hetero) is 2. The van der Waals surface area contributed by atoms with E-state index in [-0.39, 0.29) is 18.0 Å². The van der Waals surface area contributed by atoms with E-state index in [0.29, 0.717) is 17.0 Å². The summed E-state index contributed by atoms with van der Waals surface area (Å²) < 4.78 is 0. The molecular formula is C24H28O2. The van der Waals surface area contributed by atoms with Crippen molar-refractivity contribution in [3.8, 4) is 0 Å². The van der Waals surface area contributed by atoms with Gasteiger partial charge in [-0.1, -0.05) is 74.4 Å². The molecule has 2 heteroatoms. The van der Waals surface area contributed by atoms with Gasteiger partial charge in [0.15, 0.2) is 11.6 Å². The summed E-state index contributed by atoms with van der Waals surface area (Å²) in [6.45, 7) is 2.27. The van der Waals surface area contributed by atoms with Gasteiger partial charge >= 0.3 is 0 Å². The highest BCUT2D eigenvalue weighted by Gasteiger charge is 2.22. The Hall–Kier alpha value is -2.22. The Bertz CT molecular complexity index is 723. The van der Waals surface area contributed by atoms with E-state index in [0.717, 1.165) is 5.92 Å². The Morgan fingerprint density at radius 3 is 1.96 bits per heavy atom. The predicted molar refractivity (Wildman–Crippen MR) is 106 cm³/mol. The summed E-state index contributed by atoms with van der Waals surface area (Å²) in [5.74, 6) is 1.31. The van der Waals surface area contributed by atoms with Crippen molar-refractivity contribution in [1.29, 1.82) is 0 Å². The molecule has 0 N–H and O–H groups in total. The topological polar surface area (TPSA) is 34.1 Å². The van der Waals surface area contributed by atoms with Crippen molar-refractivity contribution < 1.29 is 9.59 Å². The fraction of sp³-hybridized carbons (Fsp3) is 0.417. The largest absolute Gasteiger partial charge is 0.294 e. The van der Waals surface area contributed by atoms with E-state index >= 15 is 0 Å². The van der Waals surface area contributed by atoms with E-state index in [1.54, 1.807) is 12.1 Å². The van der Waals surface area contributed by atoms with Crippen molar-refractivity contribution in [3.05, 3.63) is 71.3 Å². The van der Waals surface area contributed by atoms with Crippen LogP contribution in [0.25, 0.3) is 0 Å². The third-order valence-corrected chi connectivity index (χ3v) is 5.66. The number of carbonyl (C=O) groups excluding carboxylic acids is 2. The van der Waals surface area contributed by atoms with Crippen LogP contribution in [0.2, 0.25) is 0 Å². The summed E-state index contributed by atoms with van der Waals surface area (Å²) in [5, 5.41) is 0. The molecule has 1 aliphatic rings. The molecule has 2 aromatic rings. The first-order valence-corrected chi connectivity index (χ1v) is 9.88. The molecule has 0 aliphatic heterocycles. The molecule has 136 valence electrons. The maximum absolute atomic E-state index is 12.4. The minimum Gasteiger partial charge on any atom is -0.294 e. The van der Waals surface area contributed by atoms with Gasteiger partial charge in [0.2, 0.25) is 0 Å². The molecule has 0 saturated heterocycles. The van der Waals surface area contributed by atoms with Crippen LogP contribution in [0.4, 0.5) is 0 Å². The molecule has 2 nitrogen and oxygen atoms in total. The lowest BCUT2D eigenvalue weighted by Crippen LogP contribution is -2.13. The zero-order valence-electron chi connectivity index (χ0n) is 15.6. The summed E-state index contributed by atoms with van der Waals surface area (Å²) in [4.78, 5) is 24.6. The summed E-state index contributed by atoms with van der Waals surface area (Å²) in [6.07, 6.45) is 7.74. The third-order valence-electron chi connectivity index (χ3n) is 5.66. The van der Waals surface area contributed by atoms with Crippen LogP contribution in [0.1, 0.15) is 84.1 Å². The van der Waals surface area contributed by atoms with Gasteiger partial charge in [0, 0.05) is 11.1 Å². The molecular weight excluding hydrogens is 320 g/mol. The number of hydrogen-bond acceptors (Lipinski definition) is 2. The quantitative estimate of drug-likeness (QED) is 0.440. The van der Waals surface area contributed by atoms with Gasteiger partial charge in [0.25, 0.3) is 0 Å². The van der Waals surface area contributed by atoms with Gasteiger partial charge in [0.05, 0.1) is 6.42 Å². The predicted octanol–water partition coefficient (Wildman–Crippen LogP) is 6.22. The Morgan fingerprint density at radius 1 is 0.808 bits per heavy atom. The van der Waals surface area contributed by atoms with Gasteiger partial charge in [-0.3, -0.25) is 9.59 Å². The van der Waals surface area contributed by atoms with E-state index < -0.39 is 0 Å². The summed E-state index contributed by atoms with van der Waals surface area (Å²) in [7, 11) is 0. The van der Waals surface area contributed by atoms with Gasteiger partial charge in [-0.2, -0.15) is 0 Å². The lowest BCUT2D eigenvalue weighted by Gasteiger charge is -2.28.